The summed E-state index contributed by atoms with van der Waals surface area (Å²) in [6.07, 6.45) is 9.51. The maximum absolute atomic E-state index is 6.53. The molecule has 0 bridgehead atoms. The highest BCUT2D eigenvalue weighted by molar-refractivity contribution is 6.31. The van der Waals surface area contributed by atoms with Crippen molar-refractivity contribution in [2.75, 3.05) is 0 Å². The van der Waals surface area contributed by atoms with E-state index in [1.54, 1.807) is 12.4 Å². The predicted molar refractivity (Wildman–Crippen MR) is 73.7 cm³/mol. The molecule has 1 aromatic rings. The lowest BCUT2D eigenvalue weighted by Gasteiger charge is -2.29. The molecule has 1 aliphatic carbocycles. The first-order chi connectivity index (χ1) is 8.16. The van der Waals surface area contributed by atoms with E-state index in [0.717, 1.165) is 22.9 Å². The van der Waals surface area contributed by atoms with E-state index in [4.69, 9.17) is 23.2 Å². The van der Waals surface area contributed by atoms with Gasteiger partial charge in [0, 0.05) is 17.8 Å². The van der Waals surface area contributed by atoms with Gasteiger partial charge in [-0.25, -0.2) is 0 Å². The molecule has 1 saturated carbocycles. The Bertz CT molecular complexity index is 359. The molecule has 94 valence electrons. The van der Waals surface area contributed by atoms with Gasteiger partial charge in [-0.1, -0.05) is 31.4 Å². The van der Waals surface area contributed by atoms with Crippen molar-refractivity contribution in [1.29, 1.82) is 0 Å². The SMILES string of the molecule is CC1CCC(C(Cl)Cc2ccncc2Cl)CC1. The first-order valence-corrected chi connectivity index (χ1v) is 7.20. The Morgan fingerprint density at radius 1 is 1.35 bits per heavy atom. The molecular formula is C14H19Cl2N. The summed E-state index contributed by atoms with van der Waals surface area (Å²) < 4.78 is 0. The molecule has 0 aliphatic heterocycles. The average molecular weight is 272 g/mol. The van der Waals surface area contributed by atoms with Crippen molar-refractivity contribution in [3.05, 3.63) is 29.0 Å². The van der Waals surface area contributed by atoms with Gasteiger partial charge in [0.25, 0.3) is 0 Å². The fourth-order valence-corrected chi connectivity index (χ4v) is 3.21. The summed E-state index contributed by atoms with van der Waals surface area (Å²) in [5.41, 5.74) is 1.13. The minimum Gasteiger partial charge on any atom is -0.263 e. The molecule has 0 radical (unpaired) electrons. The fourth-order valence-electron chi connectivity index (χ4n) is 2.59. The van der Waals surface area contributed by atoms with Gasteiger partial charge in [0.1, 0.15) is 0 Å². The van der Waals surface area contributed by atoms with E-state index in [2.05, 4.69) is 11.9 Å². The largest absolute Gasteiger partial charge is 0.263 e. The summed E-state index contributed by atoms with van der Waals surface area (Å²) in [7, 11) is 0. The maximum Gasteiger partial charge on any atom is 0.0621 e. The molecule has 0 saturated heterocycles. The van der Waals surface area contributed by atoms with Crippen molar-refractivity contribution in [2.24, 2.45) is 11.8 Å². The molecule has 1 fully saturated rings. The molecule has 2 rings (SSSR count). The zero-order valence-electron chi connectivity index (χ0n) is 10.2. The highest BCUT2D eigenvalue weighted by Gasteiger charge is 2.25. The first-order valence-electron chi connectivity index (χ1n) is 6.39. The Kier molecular flexibility index (Phi) is 4.69. The molecule has 17 heavy (non-hydrogen) atoms. The molecule has 3 heteroatoms. The van der Waals surface area contributed by atoms with E-state index in [1.807, 2.05) is 6.07 Å². The molecule has 0 N–H and O–H groups in total. The van der Waals surface area contributed by atoms with E-state index in [9.17, 15) is 0 Å². The standard InChI is InChI=1S/C14H19Cl2N/c1-10-2-4-11(5-3-10)13(15)8-12-6-7-17-9-14(12)16/h6-7,9-11,13H,2-5,8H2,1H3. The summed E-state index contributed by atoms with van der Waals surface area (Å²) in [5, 5.41) is 0.949. The van der Waals surface area contributed by atoms with Crippen LogP contribution in [0.25, 0.3) is 0 Å². The first kappa shape index (κ1) is 13.2. The van der Waals surface area contributed by atoms with Crippen LogP contribution in [0.5, 0.6) is 0 Å². The summed E-state index contributed by atoms with van der Waals surface area (Å²) in [6, 6.07) is 1.98. The summed E-state index contributed by atoms with van der Waals surface area (Å²) >= 11 is 12.6. The predicted octanol–water partition coefficient (Wildman–Crippen LogP) is 4.71. The number of nitrogens with zero attached hydrogens (tertiary/aromatic N) is 1. The Morgan fingerprint density at radius 3 is 2.71 bits per heavy atom. The van der Waals surface area contributed by atoms with Crippen LogP contribution in [0.4, 0.5) is 0 Å². The lowest BCUT2D eigenvalue weighted by Crippen LogP contribution is -2.23. The van der Waals surface area contributed by atoms with Gasteiger partial charge in [-0.3, -0.25) is 4.98 Å². The Morgan fingerprint density at radius 2 is 2.06 bits per heavy atom. The molecule has 1 atom stereocenters. The van der Waals surface area contributed by atoms with E-state index in [0.29, 0.717) is 5.92 Å². The fraction of sp³-hybridized carbons (Fsp3) is 0.643. The molecule has 1 unspecified atom stereocenters. The molecule has 1 heterocycles. The quantitative estimate of drug-likeness (QED) is 0.726. The number of halogens is 2. The highest BCUT2D eigenvalue weighted by atomic mass is 35.5. The van der Waals surface area contributed by atoms with Crippen LogP contribution < -0.4 is 0 Å². The molecule has 1 aliphatic rings. The van der Waals surface area contributed by atoms with E-state index in [1.165, 1.54) is 25.7 Å². The third-order valence-corrected chi connectivity index (χ3v) is 4.69. The second-order valence-electron chi connectivity index (χ2n) is 5.21. The maximum atomic E-state index is 6.53. The summed E-state index contributed by atoms with van der Waals surface area (Å²) in [5.74, 6) is 1.52. The number of rotatable bonds is 3. The number of hydrogen-bond acceptors (Lipinski definition) is 1. The average Bonchev–Trinajstić information content (AvgIpc) is 2.33. The number of hydrogen-bond donors (Lipinski definition) is 0. The van der Waals surface area contributed by atoms with E-state index >= 15 is 0 Å². The van der Waals surface area contributed by atoms with Crippen molar-refractivity contribution < 1.29 is 0 Å². The normalized spacial score (nSPS) is 26.8. The van der Waals surface area contributed by atoms with Crippen LogP contribution in [-0.4, -0.2) is 10.4 Å². The Labute approximate surface area is 114 Å². The van der Waals surface area contributed by atoms with Gasteiger partial charge < -0.3 is 0 Å². The lowest BCUT2D eigenvalue weighted by atomic mass is 9.80. The molecule has 0 aromatic carbocycles. The smallest absolute Gasteiger partial charge is 0.0621 e. The molecule has 0 amide bonds. The zero-order valence-corrected chi connectivity index (χ0v) is 11.7. The summed E-state index contributed by atoms with van der Waals surface area (Å²) in [4.78, 5) is 4.00. The van der Waals surface area contributed by atoms with Crippen molar-refractivity contribution in [2.45, 2.75) is 44.4 Å². The van der Waals surface area contributed by atoms with Crippen LogP contribution in [0, 0.1) is 11.8 Å². The van der Waals surface area contributed by atoms with E-state index in [-0.39, 0.29) is 5.38 Å². The van der Waals surface area contributed by atoms with Crippen LogP contribution in [0.15, 0.2) is 18.5 Å². The number of aromatic nitrogens is 1. The minimum atomic E-state index is 0.211. The lowest BCUT2D eigenvalue weighted by molar-refractivity contribution is 0.281. The Hall–Kier alpha value is -0.270. The van der Waals surface area contributed by atoms with Crippen LogP contribution in [0.2, 0.25) is 5.02 Å². The van der Waals surface area contributed by atoms with Crippen molar-refractivity contribution in [1.82, 2.24) is 4.98 Å². The minimum absolute atomic E-state index is 0.211. The second kappa shape index (κ2) is 6.06. The zero-order chi connectivity index (χ0) is 12.3. The van der Waals surface area contributed by atoms with Gasteiger partial charge in [0.2, 0.25) is 0 Å². The van der Waals surface area contributed by atoms with Gasteiger partial charge in [-0.2, -0.15) is 0 Å². The molecule has 1 aromatic heterocycles. The highest BCUT2D eigenvalue weighted by Crippen LogP contribution is 2.34. The topological polar surface area (TPSA) is 12.9 Å². The molecule has 0 spiro atoms. The monoisotopic (exact) mass is 271 g/mol. The molecular weight excluding hydrogens is 253 g/mol. The number of pyridine rings is 1. The van der Waals surface area contributed by atoms with Gasteiger partial charge in [-0.15, -0.1) is 11.6 Å². The van der Waals surface area contributed by atoms with Crippen molar-refractivity contribution >= 4 is 23.2 Å². The number of alkyl halides is 1. The van der Waals surface area contributed by atoms with Crippen molar-refractivity contribution in [3.63, 3.8) is 0 Å². The van der Waals surface area contributed by atoms with Crippen LogP contribution in [0.1, 0.15) is 38.2 Å². The third-order valence-electron chi connectivity index (χ3n) is 3.84. The van der Waals surface area contributed by atoms with Gasteiger partial charge in [-0.05, 0) is 42.7 Å². The molecule has 1 nitrogen and oxygen atoms in total. The Balaban J connectivity index is 1.93. The third kappa shape index (κ3) is 3.59. The van der Waals surface area contributed by atoms with E-state index < -0.39 is 0 Å². The van der Waals surface area contributed by atoms with Crippen LogP contribution in [-0.2, 0) is 6.42 Å². The van der Waals surface area contributed by atoms with Gasteiger partial charge in [0.05, 0.1) is 5.02 Å². The second-order valence-corrected chi connectivity index (χ2v) is 6.17. The van der Waals surface area contributed by atoms with Crippen LogP contribution >= 0.6 is 23.2 Å². The van der Waals surface area contributed by atoms with Crippen LogP contribution in [0.3, 0.4) is 0 Å². The summed E-state index contributed by atoms with van der Waals surface area (Å²) in [6.45, 7) is 2.33. The van der Waals surface area contributed by atoms with Gasteiger partial charge >= 0.3 is 0 Å². The van der Waals surface area contributed by atoms with Gasteiger partial charge in [0.15, 0.2) is 0 Å². The van der Waals surface area contributed by atoms with Crippen molar-refractivity contribution in [3.8, 4) is 0 Å².